The van der Waals surface area contributed by atoms with Gasteiger partial charge in [0.25, 0.3) is 0 Å². The van der Waals surface area contributed by atoms with E-state index < -0.39 is 0 Å². The Hall–Kier alpha value is -2.40. The van der Waals surface area contributed by atoms with Crippen LogP contribution in [0.2, 0.25) is 0 Å². The smallest absolute Gasteiger partial charge is 0.161 e. The predicted octanol–water partition coefficient (Wildman–Crippen LogP) is 4.85. The molecule has 0 aliphatic carbocycles. The van der Waals surface area contributed by atoms with Gasteiger partial charge in [-0.15, -0.1) is 0 Å². The van der Waals surface area contributed by atoms with E-state index in [1.165, 1.54) is 5.56 Å². The van der Waals surface area contributed by atoms with Crippen LogP contribution < -0.4 is 9.47 Å². The van der Waals surface area contributed by atoms with Crippen LogP contribution in [0.5, 0.6) is 11.5 Å². The summed E-state index contributed by atoms with van der Waals surface area (Å²) in [7, 11) is 1.67. The topological polar surface area (TPSA) is 47.1 Å². The molecule has 1 aromatic heterocycles. The monoisotopic (exact) mass is 340 g/mol. The minimum absolute atomic E-state index is 0.280. The number of aromatic amines is 1. The predicted molar refractivity (Wildman–Crippen MR) is 96.6 cm³/mol. The molecule has 3 aromatic rings. The van der Waals surface area contributed by atoms with E-state index in [4.69, 9.17) is 9.47 Å². The van der Waals surface area contributed by atoms with Crippen LogP contribution >= 0.6 is 11.8 Å². The van der Waals surface area contributed by atoms with Gasteiger partial charge in [-0.05, 0) is 30.2 Å². The number of hydrogen-bond donors (Lipinski definition) is 1. The molecule has 0 aliphatic rings. The van der Waals surface area contributed by atoms with Crippen molar-refractivity contribution in [3.8, 4) is 11.5 Å². The lowest BCUT2D eigenvalue weighted by Gasteiger charge is -2.15. The SMILES string of the molecule is COc1cc(C(C)Sc2cnc[nH]2)ccc1OCc1ccccc1. The molecule has 0 saturated carbocycles. The second kappa shape index (κ2) is 7.93. The van der Waals surface area contributed by atoms with Gasteiger partial charge in [0.2, 0.25) is 0 Å². The van der Waals surface area contributed by atoms with Gasteiger partial charge in [-0.25, -0.2) is 4.98 Å². The number of nitrogens with one attached hydrogen (secondary N) is 1. The standard InChI is InChI=1S/C19H20N2O2S/c1-14(24-19-11-20-13-21-19)16-8-9-17(18(10-16)22-2)23-12-15-6-4-3-5-7-15/h3-11,13-14H,12H2,1-2H3,(H,20,21). The molecule has 1 atom stereocenters. The molecule has 1 heterocycles. The second-order valence-corrected chi connectivity index (χ2v) is 6.74. The van der Waals surface area contributed by atoms with Crippen molar-refractivity contribution in [1.29, 1.82) is 0 Å². The first kappa shape index (κ1) is 16.5. The molecular weight excluding hydrogens is 320 g/mol. The first-order chi connectivity index (χ1) is 11.8. The first-order valence-corrected chi connectivity index (χ1v) is 8.64. The van der Waals surface area contributed by atoms with Gasteiger partial charge in [-0.2, -0.15) is 0 Å². The van der Waals surface area contributed by atoms with E-state index in [-0.39, 0.29) is 5.25 Å². The number of H-pyrrole nitrogens is 1. The van der Waals surface area contributed by atoms with Gasteiger partial charge in [0.15, 0.2) is 11.5 Å². The van der Waals surface area contributed by atoms with Gasteiger partial charge in [0.05, 0.1) is 24.7 Å². The molecule has 0 fully saturated rings. The molecule has 0 amide bonds. The number of methoxy groups -OCH3 is 1. The van der Waals surface area contributed by atoms with Crippen LogP contribution in [0.25, 0.3) is 0 Å². The maximum atomic E-state index is 5.91. The average Bonchev–Trinajstić information content (AvgIpc) is 3.13. The third kappa shape index (κ3) is 4.11. The highest BCUT2D eigenvalue weighted by Crippen LogP contribution is 2.37. The highest BCUT2D eigenvalue weighted by atomic mass is 32.2. The molecule has 4 nitrogen and oxygen atoms in total. The lowest BCUT2D eigenvalue weighted by molar-refractivity contribution is 0.284. The Morgan fingerprint density at radius 1 is 1.12 bits per heavy atom. The van der Waals surface area contributed by atoms with Crippen LogP contribution in [0.1, 0.15) is 23.3 Å². The molecule has 0 saturated heterocycles. The molecule has 0 radical (unpaired) electrons. The van der Waals surface area contributed by atoms with Crippen molar-refractivity contribution in [3.63, 3.8) is 0 Å². The Balaban J connectivity index is 1.70. The van der Waals surface area contributed by atoms with E-state index in [1.54, 1.807) is 25.2 Å². The number of rotatable bonds is 7. The van der Waals surface area contributed by atoms with Crippen LogP contribution in [0.3, 0.4) is 0 Å². The van der Waals surface area contributed by atoms with Gasteiger partial charge < -0.3 is 14.5 Å². The van der Waals surface area contributed by atoms with Crippen molar-refractivity contribution in [2.24, 2.45) is 0 Å². The Morgan fingerprint density at radius 2 is 1.96 bits per heavy atom. The summed E-state index contributed by atoms with van der Waals surface area (Å²) in [5.74, 6) is 1.50. The summed E-state index contributed by atoms with van der Waals surface area (Å²) in [5.41, 5.74) is 2.31. The van der Waals surface area contributed by atoms with Gasteiger partial charge >= 0.3 is 0 Å². The summed E-state index contributed by atoms with van der Waals surface area (Å²) in [6.07, 6.45) is 3.52. The molecule has 1 N–H and O–H groups in total. The fraction of sp³-hybridized carbons (Fsp3) is 0.211. The van der Waals surface area contributed by atoms with Gasteiger partial charge in [0.1, 0.15) is 6.61 Å². The largest absolute Gasteiger partial charge is 0.493 e. The third-order valence-corrected chi connectivity index (χ3v) is 4.77. The molecule has 24 heavy (non-hydrogen) atoms. The molecule has 3 rings (SSSR count). The second-order valence-electron chi connectivity index (χ2n) is 5.36. The molecule has 124 valence electrons. The van der Waals surface area contributed by atoms with E-state index >= 15 is 0 Å². The van der Waals surface area contributed by atoms with Crippen LogP contribution in [0.15, 0.2) is 66.1 Å². The molecule has 0 spiro atoms. The van der Waals surface area contributed by atoms with Crippen molar-refractivity contribution in [2.75, 3.05) is 7.11 Å². The fourth-order valence-corrected chi connectivity index (χ4v) is 3.26. The molecular formula is C19H20N2O2S. The Labute approximate surface area is 146 Å². The lowest BCUT2D eigenvalue weighted by atomic mass is 10.1. The number of nitrogens with zero attached hydrogens (tertiary/aromatic N) is 1. The maximum absolute atomic E-state index is 5.91. The minimum Gasteiger partial charge on any atom is -0.493 e. The van der Waals surface area contributed by atoms with Gasteiger partial charge in [-0.1, -0.05) is 48.2 Å². The highest BCUT2D eigenvalue weighted by molar-refractivity contribution is 7.99. The Morgan fingerprint density at radius 3 is 2.67 bits per heavy atom. The summed E-state index contributed by atoms with van der Waals surface area (Å²) < 4.78 is 11.4. The van der Waals surface area contributed by atoms with E-state index in [1.807, 2.05) is 48.7 Å². The van der Waals surface area contributed by atoms with Crippen molar-refractivity contribution in [3.05, 3.63) is 72.2 Å². The van der Waals surface area contributed by atoms with E-state index in [9.17, 15) is 0 Å². The van der Waals surface area contributed by atoms with E-state index in [0.29, 0.717) is 6.61 Å². The zero-order valence-electron chi connectivity index (χ0n) is 13.7. The normalized spacial score (nSPS) is 11.9. The molecule has 5 heteroatoms. The lowest BCUT2D eigenvalue weighted by Crippen LogP contribution is -1.99. The van der Waals surface area contributed by atoms with Crippen molar-refractivity contribution >= 4 is 11.8 Å². The zero-order valence-corrected chi connectivity index (χ0v) is 14.5. The van der Waals surface area contributed by atoms with E-state index in [2.05, 4.69) is 23.0 Å². The van der Waals surface area contributed by atoms with E-state index in [0.717, 1.165) is 22.1 Å². The quantitative estimate of drug-likeness (QED) is 0.625. The summed E-state index contributed by atoms with van der Waals surface area (Å²) in [6.45, 7) is 2.68. The number of hydrogen-bond acceptors (Lipinski definition) is 4. The number of ether oxygens (including phenoxy) is 2. The fourth-order valence-electron chi connectivity index (χ4n) is 2.36. The van der Waals surface area contributed by atoms with Crippen molar-refractivity contribution < 1.29 is 9.47 Å². The molecule has 2 aromatic carbocycles. The Kier molecular flexibility index (Phi) is 5.43. The number of thioether (sulfide) groups is 1. The number of benzene rings is 2. The number of aromatic nitrogens is 2. The first-order valence-electron chi connectivity index (χ1n) is 7.76. The minimum atomic E-state index is 0.280. The highest BCUT2D eigenvalue weighted by Gasteiger charge is 2.12. The molecule has 1 unspecified atom stereocenters. The van der Waals surface area contributed by atoms with Crippen molar-refractivity contribution in [1.82, 2.24) is 9.97 Å². The third-order valence-electron chi connectivity index (χ3n) is 3.67. The van der Waals surface area contributed by atoms with Crippen LogP contribution in [-0.4, -0.2) is 17.1 Å². The van der Waals surface area contributed by atoms with Gasteiger partial charge in [-0.3, -0.25) is 0 Å². The van der Waals surface area contributed by atoms with Crippen LogP contribution in [0, 0.1) is 0 Å². The molecule has 0 aliphatic heterocycles. The maximum Gasteiger partial charge on any atom is 0.161 e. The zero-order chi connectivity index (χ0) is 16.8. The summed E-state index contributed by atoms with van der Waals surface area (Å²) in [4.78, 5) is 7.16. The van der Waals surface area contributed by atoms with Gasteiger partial charge in [0, 0.05) is 5.25 Å². The molecule has 0 bridgehead atoms. The Bertz CT molecular complexity index is 760. The summed E-state index contributed by atoms with van der Waals surface area (Å²) in [6, 6.07) is 16.2. The summed E-state index contributed by atoms with van der Waals surface area (Å²) >= 11 is 1.72. The van der Waals surface area contributed by atoms with Crippen molar-refractivity contribution in [2.45, 2.75) is 23.8 Å². The average molecular weight is 340 g/mol. The number of imidazole rings is 1. The van der Waals surface area contributed by atoms with Crippen LogP contribution in [0.4, 0.5) is 0 Å². The van der Waals surface area contributed by atoms with Crippen LogP contribution in [-0.2, 0) is 6.61 Å². The summed E-state index contributed by atoms with van der Waals surface area (Å²) in [5, 5.41) is 1.33.